The topological polar surface area (TPSA) is 51.8 Å². The van der Waals surface area contributed by atoms with Crippen molar-refractivity contribution in [3.8, 4) is 5.75 Å². The van der Waals surface area contributed by atoms with E-state index < -0.39 is 0 Å². The second kappa shape index (κ2) is 14.0. The molecule has 5 nitrogen and oxygen atoms in total. The van der Waals surface area contributed by atoms with E-state index in [1.807, 2.05) is 30.3 Å². The Hall–Kier alpha value is -1.99. The molecule has 2 N–H and O–H groups in total. The smallest absolute Gasteiger partial charge is 0.168 e. The zero-order chi connectivity index (χ0) is 31.3. The van der Waals surface area contributed by atoms with Crippen LogP contribution in [-0.4, -0.2) is 54.2 Å². The van der Waals surface area contributed by atoms with Gasteiger partial charge in [-0.3, -0.25) is 0 Å². The van der Waals surface area contributed by atoms with E-state index in [2.05, 4.69) is 78.2 Å². The Morgan fingerprint density at radius 3 is 1.70 bits per heavy atom. The minimum atomic E-state index is -0.237. The van der Waals surface area contributed by atoms with Crippen LogP contribution in [0.25, 0.3) is 0 Å². The number of hydrogen-bond acceptors (Lipinski definition) is 5. The van der Waals surface area contributed by atoms with E-state index >= 15 is 4.39 Å². The molecule has 0 bridgehead atoms. The summed E-state index contributed by atoms with van der Waals surface area (Å²) in [4.78, 5) is 0. The third-order valence-electron chi connectivity index (χ3n) is 8.72. The highest BCUT2D eigenvalue weighted by Crippen LogP contribution is 2.32. The standard InChI is InChI=1S/C37H57FN2O3/c1-34(2)23-30(24-35(3,4)39-34)41-20-12-15-28-18-19-29(17-16-27-13-10-9-11-14-27)33(32(28)38)43-22-21-42-31-25-36(5,6)40-37(7,8)26-31/h9-11,13-14,18-19,30-31,39-40H,12,15-17,20-26H2,1-8H3. The Kier molecular flexibility index (Phi) is 11.0. The summed E-state index contributed by atoms with van der Waals surface area (Å²) < 4.78 is 34.8. The van der Waals surface area contributed by atoms with Crippen LogP contribution in [0.15, 0.2) is 42.5 Å². The van der Waals surface area contributed by atoms with Crippen molar-refractivity contribution in [2.24, 2.45) is 0 Å². The van der Waals surface area contributed by atoms with Gasteiger partial charge in [0.2, 0.25) is 0 Å². The van der Waals surface area contributed by atoms with Crippen molar-refractivity contribution in [1.29, 1.82) is 0 Å². The second-order valence-electron chi connectivity index (χ2n) is 15.6. The molecule has 43 heavy (non-hydrogen) atoms. The number of nitrogens with one attached hydrogen (secondary N) is 2. The Labute approximate surface area is 260 Å². The molecule has 2 aliphatic heterocycles. The Balaban J connectivity index is 1.36. The van der Waals surface area contributed by atoms with Gasteiger partial charge in [-0.1, -0.05) is 42.5 Å². The number of benzene rings is 2. The van der Waals surface area contributed by atoms with Gasteiger partial charge in [0.1, 0.15) is 6.61 Å². The first-order valence-corrected chi connectivity index (χ1v) is 16.4. The monoisotopic (exact) mass is 596 g/mol. The number of piperidine rings is 2. The maximum absolute atomic E-state index is 16.0. The summed E-state index contributed by atoms with van der Waals surface area (Å²) in [6, 6.07) is 14.3. The van der Waals surface area contributed by atoms with E-state index in [0.29, 0.717) is 37.6 Å². The lowest BCUT2D eigenvalue weighted by Crippen LogP contribution is -2.59. The number of aryl methyl sites for hydroxylation is 3. The van der Waals surface area contributed by atoms with E-state index in [9.17, 15) is 0 Å². The van der Waals surface area contributed by atoms with Crippen LogP contribution in [0, 0.1) is 5.82 Å². The summed E-state index contributed by atoms with van der Waals surface area (Å²) in [5.74, 6) is 0.143. The van der Waals surface area contributed by atoms with Crippen molar-refractivity contribution in [2.75, 3.05) is 19.8 Å². The molecule has 0 saturated carbocycles. The largest absolute Gasteiger partial charge is 0.488 e. The van der Waals surface area contributed by atoms with Crippen molar-refractivity contribution in [1.82, 2.24) is 10.6 Å². The Morgan fingerprint density at radius 2 is 1.14 bits per heavy atom. The predicted octanol–water partition coefficient (Wildman–Crippen LogP) is 7.57. The molecule has 0 amide bonds. The van der Waals surface area contributed by atoms with E-state index in [1.165, 1.54) is 5.56 Å². The highest BCUT2D eigenvalue weighted by atomic mass is 19.1. The molecule has 2 aromatic rings. The molecule has 2 heterocycles. The molecular weight excluding hydrogens is 539 g/mol. The minimum Gasteiger partial charge on any atom is -0.488 e. The normalized spacial score (nSPS) is 21.5. The maximum Gasteiger partial charge on any atom is 0.168 e. The van der Waals surface area contributed by atoms with Crippen LogP contribution in [0.4, 0.5) is 4.39 Å². The summed E-state index contributed by atoms with van der Waals surface area (Å²) in [6.45, 7) is 19.2. The molecule has 0 radical (unpaired) electrons. The minimum absolute atomic E-state index is 0.0162. The van der Waals surface area contributed by atoms with Crippen molar-refractivity contribution < 1.29 is 18.6 Å². The summed E-state index contributed by atoms with van der Waals surface area (Å²) in [7, 11) is 0. The van der Waals surface area contributed by atoms with Gasteiger partial charge in [0, 0.05) is 28.8 Å². The fraction of sp³-hybridized carbons (Fsp3) is 0.676. The molecule has 2 aliphatic rings. The van der Waals surface area contributed by atoms with Gasteiger partial charge in [-0.25, -0.2) is 4.39 Å². The van der Waals surface area contributed by atoms with Gasteiger partial charge in [-0.2, -0.15) is 0 Å². The molecule has 4 rings (SSSR count). The van der Waals surface area contributed by atoms with Crippen molar-refractivity contribution in [3.05, 3.63) is 65.0 Å². The third-order valence-corrected chi connectivity index (χ3v) is 8.72. The van der Waals surface area contributed by atoms with Crippen LogP contribution in [0.1, 0.15) is 104 Å². The van der Waals surface area contributed by atoms with Crippen LogP contribution in [0.3, 0.4) is 0 Å². The summed E-state index contributed by atoms with van der Waals surface area (Å²) in [6.07, 6.45) is 7.16. The van der Waals surface area contributed by atoms with Crippen LogP contribution >= 0.6 is 0 Å². The van der Waals surface area contributed by atoms with Crippen LogP contribution in [-0.2, 0) is 28.7 Å². The third kappa shape index (κ3) is 10.6. The highest BCUT2D eigenvalue weighted by Gasteiger charge is 2.39. The second-order valence-corrected chi connectivity index (χ2v) is 15.6. The molecule has 0 atom stereocenters. The molecule has 6 heteroatoms. The van der Waals surface area contributed by atoms with Gasteiger partial charge in [-0.05, 0) is 123 Å². The number of rotatable bonds is 13. The highest BCUT2D eigenvalue weighted by molar-refractivity contribution is 5.40. The van der Waals surface area contributed by atoms with Crippen molar-refractivity contribution in [3.63, 3.8) is 0 Å². The van der Waals surface area contributed by atoms with Crippen molar-refractivity contribution >= 4 is 0 Å². The first-order chi connectivity index (χ1) is 20.1. The average Bonchev–Trinajstić information content (AvgIpc) is 2.87. The molecule has 0 spiro atoms. The van der Waals surface area contributed by atoms with Gasteiger partial charge in [0.25, 0.3) is 0 Å². The molecule has 240 valence electrons. The van der Waals surface area contributed by atoms with E-state index in [4.69, 9.17) is 14.2 Å². The average molecular weight is 597 g/mol. The van der Waals surface area contributed by atoms with Gasteiger partial charge < -0.3 is 24.8 Å². The lowest BCUT2D eigenvalue weighted by Gasteiger charge is -2.46. The first-order valence-electron chi connectivity index (χ1n) is 16.4. The fourth-order valence-electron chi connectivity index (χ4n) is 7.67. The lowest BCUT2D eigenvalue weighted by molar-refractivity contribution is -0.0308. The zero-order valence-corrected chi connectivity index (χ0v) is 28.1. The molecule has 0 aromatic heterocycles. The van der Waals surface area contributed by atoms with Crippen molar-refractivity contribution in [2.45, 2.75) is 141 Å². The van der Waals surface area contributed by atoms with Gasteiger partial charge in [0.05, 0.1) is 18.8 Å². The molecule has 2 aromatic carbocycles. The fourth-order valence-corrected chi connectivity index (χ4v) is 7.67. The van der Waals surface area contributed by atoms with Gasteiger partial charge >= 0.3 is 0 Å². The maximum atomic E-state index is 16.0. The van der Waals surface area contributed by atoms with Crippen LogP contribution in [0.2, 0.25) is 0 Å². The zero-order valence-electron chi connectivity index (χ0n) is 28.1. The van der Waals surface area contributed by atoms with Gasteiger partial charge in [0.15, 0.2) is 11.6 Å². The SMILES string of the molecule is CC1(C)CC(OCCCc2ccc(CCc3ccccc3)c(OCCOC3CC(C)(C)NC(C)(C)C3)c2F)CC(C)(C)N1. The van der Waals surface area contributed by atoms with Crippen LogP contribution in [0.5, 0.6) is 5.75 Å². The lowest BCUT2D eigenvalue weighted by atomic mass is 9.81. The molecular formula is C37H57FN2O3. The molecule has 2 saturated heterocycles. The molecule has 0 unspecified atom stereocenters. The first kappa shape index (κ1) is 33.9. The predicted molar refractivity (Wildman–Crippen MR) is 175 cm³/mol. The quantitative estimate of drug-likeness (QED) is 0.234. The Bertz CT molecular complexity index is 1150. The van der Waals surface area contributed by atoms with E-state index in [-0.39, 0.29) is 40.2 Å². The number of ether oxygens (including phenoxy) is 3. The van der Waals surface area contributed by atoms with E-state index in [1.54, 1.807) is 0 Å². The van der Waals surface area contributed by atoms with Crippen LogP contribution < -0.4 is 15.4 Å². The molecule has 0 aliphatic carbocycles. The number of halogens is 1. The summed E-state index contributed by atoms with van der Waals surface area (Å²) in [5.41, 5.74) is 2.96. The molecule has 2 fully saturated rings. The van der Waals surface area contributed by atoms with Gasteiger partial charge in [-0.15, -0.1) is 0 Å². The summed E-state index contributed by atoms with van der Waals surface area (Å²) >= 11 is 0. The summed E-state index contributed by atoms with van der Waals surface area (Å²) in [5, 5.41) is 7.41. The van der Waals surface area contributed by atoms with E-state index in [0.717, 1.165) is 50.5 Å². The number of hydrogen-bond donors (Lipinski definition) is 2. The Morgan fingerprint density at radius 1 is 0.628 bits per heavy atom.